The molecule has 2 amide bonds. The molecule has 0 aromatic heterocycles. The largest absolute Gasteiger partial charge is 0.493 e. The zero-order valence-electron chi connectivity index (χ0n) is 20.0. The molecule has 1 aliphatic heterocycles. The van der Waals surface area contributed by atoms with E-state index in [0.717, 1.165) is 17.5 Å². The number of hydrogen-bond acceptors (Lipinski definition) is 5. The van der Waals surface area contributed by atoms with Crippen LogP contribution in [0.3, 0.4) is 0 Å². The highest BCUT2D eigenvalue weighted by Crippen LogP contribution is 2.36. The van der Waals surface area contributed by atoms with Crippen LogP contribution in [0.5, 0.6) is 17.2 Å². The van der Waals surface area contributed by atoms with Crippen molar-refractivity contribution < 1.29 is 23.8 Å². The average molecular weight is 473 g/mol. The molecule has 3 aromatic rings. The van der Waals surface area contributed by atoms with Gasteiger partial charge in [-0.1, -0.05) is 36.4 Å². The summed E-state index contributed by atoms with van der Waals surface area (Å²) in [7, 11) is 3.13. The van der Waals surface area contributed by atoms with E-state index in [-0.39, 0.29) is 11.8 Å². The standard InChI is InChI=1S/C28H28N2O5/c1-19-28(32)30(16-15-20-7-5-4-6-8-20)23-12-11-22(18-25(23)35-19)29-27(31)14-10-21-9-13-24(33-2)26(17-21)34-3/h4-14,17-19H,15-16H2,1-3H3,(H,29,31)/b14-10+. The SMILES string of the molecule is COc1ccc(/C=C/C(=O)Nc2ccc3c(c2)OC(C)C(=O)N3CCc2ccccc2)cc1OC. The second-order valence-electron chi connectivity index (χ2n) is 8.11. The highest BCUT2D eigenvalue weighted by molar-refractivity contribution is 6.03. The van der Waals surface area contributed by atoms with Gasteiger partial charge in [0.05, 0.1) is 19.9 Å². The molecule has 1 unspecified atom stereocenters. The third-order valence-corrected chi connectivity index (χ3v) is 5.74. The number of carbonyl (C=O) groups is 2. The number of ether oxygens (including phenoxy) is 3. The Labute approximate surface area is 204 Å². The van der Waals surface area contributed by atoms with Gasteiger partial charge in [-0.25, -0.2) is 0 Å². The van der Waals surface area contributed by atoms with E-state index in [4.69, 9.17) is 14.2 Å². The number of nitrogens with zero attached hydrogens (tertiary/aromatic N) is 1. The predicted molar refractivity (Wildman–Crippen MR) is 136 cm³/mol. The van der Waals surface area contributed by atoms with Crippen LogP contribution in [0.1, 0.15) is 18.1 Å². The lowest BCUT2D eigenvalue weighted by Gasteiger charge is -2.33. The second-order valence-corrected chi connectivity index (χ2v) is 8.11. The molecular weight excluding hydrogens is 444 g/mol. The van der Waals surface area contributed by atoms with Crippen LogP contribution >= 0.6 is 0 Å². The van der Waals surface area contributed by atoms with Crippen LogP contribution in [-0.2, 0) is 16.0 Å². The topological polar surface area (TPSA) is 77.1 Å². The molecule has 1 N–H and O–H groups in total. The zero-order valence-corrected chi connectivity index (χ0v) is 20.0. The molecule has 180 valence electrons. The molecule has 35 heavy (non-hydrogen) atoms. The van der Waals surface area contributed by atoms with Crippen LogP contribution in [0.2, 0.25) is 0 Å². The quantitative estimate of drug-likeness (QED) is 0.481. The Kier molecular flexibility index (Phi) is 7.35. The van der Waals surface area contributed by atoms with Gasteiger partial charge in [0.1, 0.15) is 5.75 Å². The number of carbonyl (C=O) groups excluding carboxylic acids is 2. The van der Waals surface area contributed by atoms with Crippen LogP contribution in [0, 0.1) is 0 Å². The lowest BCUT2D eigenvalue weighted by molar-refractivity contribution is -0.125. The molecule has 0 spiro atoms. The summed E-state index contributed by atoms with van der Waals surface area (Å²) in [4.78, 5) is 27.0. The molecule has 0 bridgehead atoms. The minimum absolute atomic E-state index is 0.0805. The van der Waals surface area contributed by atoms with Crippen LogP contribution in [0.25, 0.3) is 6.08 Å². The van der Waals surface area contributed by atoms with Gasteiger partial charge in [0, 0.05) is 24.4 Å². The minimum atomic E-state index is -0.603. The fourth-order valence-corrected chi connectivity index (χ4v) is 3.92. The van der Waals surface area contributed by atoms with Crippen molar-refractivity contribution in [1.29, 1.82) is 0 Å². The van der Waals surface area contributed by atoms with Gasteiger partial charge in [0.15, 0.2) is 17.6 Å². The smallest absolute Gasteiger partial charge is 0.267 e. The summed E-state index contributed by atoms with van der Waals surface area (Å²) < 4.78 is 16.4. The van der Waals surface area contributed by atoms with Crippen molar-refractivity contribution in [2.45, 2.75) is 19.4 Å². The molecule has 7 heteroatoms. The molecule has 0 radical (unpaired) electrons. The number of nitrogens with one attached hydrogen (secondary N) is 1. The maximum atomic E-state index is 12.8. The third kappa shape index (κ3) is 5.63. The number of rotatable bonds is 8. The summed E-state index contributed by atoms with van der Waals surface area (Å²) in [5.74, 6) is 1.39. The summed E-state index contributed by atoms with van der Waals surface area (Å²) in [5.41, 5.74) is 3.23. The van der Waals surface area contributed by atoms with Crippen LogP contribution in [0.15, 0.2) is 72.8 Å². The van der Waals surface area contributed by atoms with Gasteiger partial charge in [-0.05, 0) is 54.8 Å². The van der Waals surface area contributed by atoms with E-state index in [9.17, 15) is 9.59 Å². The van der Waals surface area contributed by atoms with E-state index in [1.165, 1.54) is 6.08 Å². The average Bonchev–Trinajstić information content (AvgIpc) is 2.88. The summed E-state index contributed by atoms with van der Waals surface area (Å²) in [6.45, 7) is 2.28. The molecule has 0 aliphatic carbocycles. The van der Waals surface area contributed by atoms with Gasteiger partial charge in [-0.3, -0.25) is 9.59 Å². The minimum Gasteiger partial charge on any atom is -0.493 e. The number of amides is 2. The number of anilines is 2. The van der Waals surface area contributed by atoms with Crippen LogP contribution < -0.4 is 24.4 Å². The van der Waals surface area contributed by atoms with Gasteiger partial charge in [0.25, 0.3) is 5.91 Å². The van der Waals surface area contributed by atoms with E-state index in [2.05, 4.69) is 5.32 Å². The number of methoxy groups -OCH3 is 2. The first-order chi connectivity index (χ1) is 17.0. The van der Waals surface area contributed by atoms with Crippen molar-refractivity contribution in [2.24, 2.45) is 0 Å². The van der Waals surface area contributed by atoms with Gasteiger partial charge >= 0.3 is 0 Å². The van der Waals surface area contributed by atoms with Crippen molar-refractivity contribution >= 4 is 29.3 Å². The third-order valence-electron chi connectivity index (χ3n) is 5.74. The Morgan fingerprint density at radius 3 is 2.54 bits per heavy atom. The van der Waals surface area contributed by atoms with Crippen LogP contribution in [0.4, 0.5) is 11.4 Å². The predicted octanol–water partition coefficient (Wildman–Crippen LogP) is 4.71. The van der Waals surface area contributed by atoms with Crippen molar-refractivity contribution in [3.63, 3.8) is 0 Å². The molecular formula is C28H28N2O5. The van der Waals surface area contributed by atoms with Crippen LogP contribution in [-0.4, -0.2) is 38.7 Å². The molecule has 0 saturated carbocycles. The molecule has 1 atom stereocenters. The van der Waals surface area contributed by atoms with E-state index >= 15 is 0 Å². The fraction of sp³-hybridized carbons (Fsp3) is 0.214. The lowest BCUT2D eigenvalue weighted by Crippen LogP contribution is -2.45. The molecule has 1 aliphatic rings. The van der Waals surface area contributed by atoms with E-state index in [1.807, 2.05) is 36.4 Å². The summed E-state index contributed by atoms with van der Waals surface area (Å²) in [6.07, 6.45) is 3.27. The Bertz CT molecular complexity index is 1240. The zero-order chi connectivity index (χ0) is 24.8. The summed E-state index contributed by atoms with van der Waals surface area (Å²) >= 11 is 0. The Morgan fingerprint density at radius 1 is 1.03 bits per heavy atom. The molecule has 4 rings (SSSR count). The lowest BCUT2D eigenvalue weighted by atomic mass is 10.1. The summed E-state index contributed by atoms with van der Waals surface area (Å²) in [6, 6.07) is 20.8. The van der Waals surface area contributed by atoms with Crippen molar-refractivity contribution in [3.05, 3.63) is 83.9 Å². The molecule has 3 aromatic carbocycles. The van der Waals surface area contributed by atoms with E-state index in [0.29, 0.717) is 35.2 Å². The first-order valence-electron chi connectivity index (χ1n) is 11.4. The molecule has 0 fully saturated rings. The summed E-state index contributed by atoms with van der Waals surface area (Å²) in [5, 5.41) is 2.85. The second kappa shape index (κ2) is 10.8. The van der Waals surface area contributed by atoms with E-state index in [1.54, 1.807) is 62.5 Å². The molecule has 7 nitrogen and oxygen atoms in total. The highest BCUT2D eigenvalue weighted by atomic mass is 16.5. The normalized spacial score (nSPS) is 14.9. The van der Waals surface area contributed by atoms with Gasteiger partial charge in [-0.2, -0.15) is 0 Å². The van der Waals surface area contributed by atoms with Crippen molar-refractivity contribution in [2.75, 3.05) is 31.0 Å². The monoisotopic (exact) mass is 472 g/mol. The fourth-order valence-electron chi connectivity index (χ4n) is 3.92. The molecule has 0 saturated heterocycles. The first kappa shape index (κ1) is 23.9. The van der Waals surface area contributed by atoms with Crippen molar-refractivity contribution in [3.8, 4) is 17.2 Å². The number of benzene rings is 3. The van der Waals surface area contributed by atoms with E-state index < -0.39 is 6.10 Å². The number of fused-ring (bicyclic) bond motifs is 1. The molecule has 1 heterocycles. The van der Waals surface area contributed by atoms with Gasteiger partial charge in [-0.15, -0.1) is 0 Å². The maximum Gasteiger partial charge on any atom is 0.267 e. The Morgan fingerprint density at radius 2 is 1.80 bits per heavy atom. The number of hydrogen-bond donors (Lipinski definition) is 1. The highest BCUT2D eigenvalue weighted by Gasteiger charge is 2.31. The first-order valence-corrected chi connectivity index (χ1v) is 11.4. The Balaban J connectivity index is 1.45. The van der Waals surface area contributed by atoms with Gasteiger partial charge in [0.2, 0.25) is 5.91 Å². The van der Waals surface area contributed by atoms with Gasteiger partial charge < -0.3 is 24.4 Å². The maximum absolute atomic E-state index is 12.8. The Hall–Kier alpha value is -4.26. The van der Waals surface area contributed by atoms with Crippen molar-refractivity contribution in [1.82, 2.24) is 0 Å².